The molecular weight excluding hydrogens is 567 g/mol. The molecule has 6 nitrogen and oxygen atoms in total. The molecule has 0 saturated carbocycles. The molecule has 0 amide bonds. The van der Waals surface area contributed by atoms with Gasteiger partial charge in [-0.1, -0.05) is 50.2 Å². The molecule has 0 radical (unpaired) electrons. The highest BCUT2D eigenvalue weighted by atomic mass is 19.1. The van der Waals surface area contributed by atoms with Gasteiger partial charge in [0.2, 0.25) is 0 Å². The van der Waals surface area contributed by atoms with Crippen molar-refractivity contribution in [1.29, 1.82) is 0 Å². The number of nitrogens with zero attached hydrogens (tertiary/aromatic N) is 2. The largest absolute Gasteiger partial charge is 0.461 e. The first-order chi connectivity index (χ1) is 21.0. The lowest BCUT2D eigenvalue weighted by atomic mass is 9.81. The molecule has 0 aliphatic carbocycles. The van der Waals surface area contributed by atoms with Crippen LogP contribution in [0.4, 0.5) is 10.1 Å². The molecule has 0 bridgehead atoms. The van der Waals surface area contributed by atoms with E-state index in [0.717, 1.165) is 65.3 Å². The number of Topliss-reactive ketones (excluding diaryl/α,β-unsaturated/α-hetero) is 1. The molecule has 1 aliphatic rings. The van der Waals surface area contributed by atoms with Crippen molar-refractivity contribution in [3.8, 4) is 11.1 Å². The molecular formula is C38H49FN2O4. The zero-order chi connectivity index (χ0) is 33.1. The van der Waals surface area contributed by atoms with Gasteiger partial charge in [0.15, 0.2) is 11.9 Å². The molecule has 7 heteroatoms. The zero-order valence-corrected chi connectivity index (χ0v) is 28.4. The minimum absolute atomic E-state index is 0.0267. The fourth-order valence-electron chi connectivity index (χ4n) is 5.92. The van der Waals surface area contributed by atoms with Crippen LogP contribution >= 0.6 is 0 Å². The lowest BCUT2D eigenvalue weighted by molar-refractivity contribution is -0.171. The van der Waals surface area contributed by atoms with E-state index in [1.807, 2.05) is 72.7 Å². The summed E-state index contributed by atoms with van der Waals surface area (Å²) in [6.07, 6.45) is 1.64. The number of carbonyl (C=O) groups is 2. The monoisotopic (exact) mass is 616 g/mol. The van der Waals surface area contributed by atoms with Crippen LogP contribution < -0.4 is 4.90 Å². The van der Waals surface area contributed by atoms with Crippen LogP contribution in [-0.2, 0) is 20.7 Å². The van der Waals surface area contributed by atoms with Crippen LogP contribution in [0.1, 0.15) is 107 Å². The minimum Gasteiger partial charge on any atom is -0.461 e. The van der Waals surface area contributed by atoms with Gasteiger partial charge in [-0.3, -0.25) is 9.78 Å². The maximum atomic E-state index is 13.7. The van der Waals surface area contributed by atoms with E-state index in [0.29, 0.717) is 18.4 Å². The number of anilines is 1. The average molecular weight is 617 g/mol. The van der Waals surface area contributed by atoms with Crippen molar-refractivity contribution >= 4 is 17.4 Å². The number of esters is 1. The third-order valence-electron chi connectivity index (χ3n) is 8.36. The van der Waals surface area contributed by atoms with Crippen LogP contribution in [0, 0.1) is 25.1 Å². The topological polar surface area (TPSA) is 68.7 Å². The lowest BCUT2D eigenvalue weighted by Gasteiger charge is -2.41. The Bertz CT molecular complexity index is 1490. The van der Waals surface area contributed by atoms with E-state index >= 15 is 0 Å². The van der Waals surface area contributed by atoms with Crippen molar-refractivity contribution in [1.82, 2.24) is 4.98 Å². The van der Waals surface area contributed by atoms with E-state index in [-0.39, 0.29) is 23.1 Å². The molecule has 1 aromatic heterocycles. The average Bonchev–Trinajstić information content (AvgIpc) is 2.95. The van der Waals surface area contributed by atoms with Crippen molar-refractivity contribution in [2.75, 3.05) is 18.0 Å². The first-order valence-corrected chi connectivity index (χ1v) is 16.1. The number of pyridine rings is 1. The van der Waals surface area contributed by atoms with Crippen LogP contribution in [0.2, 0.25) is 0 Å². The van der Waals surface area contributed by atoms with E-state index < -0.39 is 17.7 Å². The maximum Gasteiger partial charge on any atom is 0.340 e. The van der Waals surface area contributed by atoms with Gasteiger partial charge in [0.05, 0.1) is 17.4 Å². The summed E-state index contributed by atoms with van der Waals surface area (Å²) in [6, 6.07) is 13.9. The fraction of sp³-hybridized carbons (Fsp3) is 0.500. The Hall–Kier alpha value is -3.58. The standard InChI is InChI=1S/C38H49FN2O4/c1-24(2)44-36(43)35(45-37(5,6)7)33-26(4)40-25(3)32(34(33)41-22-20-38(8,9)21-23-41)29-15-13-28(14-16-29)31(42)19-12-27-10-17-30(39)18-11-27/h10-11,13-18,24,35H,12,19-23H2,1-9H3. The van der Waals surface area contributed by atoms with E-state index in [9.17, 15) is 14.0 Å². The second kappa shape index (κ2) is 13.8. The molecule has 1 atom stereocenters. The number of rotatable bonds is 10. The molecule has 1 aliphatic heterocycles. The van der Waals surface area contributed by atoms with Gasteiger partial charge in [-0.15, -0.1) is 0 Å². The van der Waals surface area contributed by atoms with Crippen molar-refractivity contribution in [3.63, 3.8) is 0 Å². The molecule has 242 valence electrons. The second-order valence-corrected chi connectivity index (χ2v) is 14.3. The van der Waals surface area contributed by atoms with Crippen molar-refractivity contribution in [2.45, 2.75) is 106 Å². The molecule has 2 aromatic carbocycles. The Balaban J connectivity index is 1.79. The third-order valence-corrected chi connectivity index (χ3v) is 8.36. The normalized spacial score (nSPS) is 15.7. The molecule has 45 heavy (non-hydrogen) atoms. The molecule has 2 heterocycles. The van der Waals surface area contributed by atoms with E-state index in [1.165, 1.54) is 12.1 Å². The van der Waals surface area contributed by atoms with Crippen molar-refractivity contribution in [2.24, 2.45) is 5.41 Å². The summed E-state index contributed by atoms with van der Waals surface area (Å²) in [7, 11) is 0. The molecule has 3 aromatic rings. The van der Waals surface area contributed by atoms with Gasteiger partial charge >= 0.3 is 5.97 Å². The minimum atomic E-state index is -0.962. The summed E-state index contributed by atoms with van der Waals surface area (Å²) in [5.74, 6) is -0.690. The van der Waals surface area contributed by atoms with Crippen LogP contribution in [0.25, 0.3) is 11.1 Å². The van der Waals surface area contributed by atoms with Crippen molar-refractivity contribution in [3.05, 3.63) is 82.4 Å². The number of halogens is 1. The van der Waals surface area contributed by atoms with Gasteiger partial charge in [-0.2, -0.15) is 0 Å². The molecule has 0 spiro atoms. The highest BCUT2D eigenvalue weighted by molar-refractivity contribution is 5.97. The number of hydrogen-bond donors (Lipinski definition) is 0. The Morgan fingerprint density at radius 1 is 0.956 bits per heavy atom. The number of ketones is 1. The summed E-state index contributed by atoms with van der Waals surface area (Å²) >= 11 is 0. The molecule has 0 N–H and O–H groups in total. The number of aryl methyl sites for hydroxylation is 3. The number of hydrogen-bond acceptors (Lipinski definition) is 6. The predicted molar refractivity (Wildman–Crippen MR) is 178 cm³/mol. The smallest absolute Gasteiger partial charge is 0.340 e. The summed E-state index contributed by atoms with van der Waals surface area (Å²) in [4.78, 5) is 34.1. The SMILES string of the molecule is Cc1nc(C)c(C(OC(C)(C)C)C(=O)OC(C)C)c(N2CCC(C)(C)CC2)c1-c1ccc(C(=O)CCc2ccc(F)cc2)cc1. The third kappa shape index (κ3) is 8.78. The number of benzene rings is 2. The first-order valence-electron chi connectivity index (χ1n) is 16.1. The fourth-order valence-corrected chi connectivity index (χ4v) is 5.92. The number of carbonyl (C=O) groups excluding carboxylic acids is 2. The molecule has 1 unspecified atom stereocenters. The van der Waals surface area contributed by atoms with Gasteiger partial charge in [0.25, 0.3) is 0 Å². The Kier molecular flexibility index (Phi) is 10.5. The summed E-state index contributed by atoms with van der Waals surface area (Å²) in [5, 5.41) is 0. The summed E-state index contributed by atoms with van der Waals surface area (Å²) < 4.78 is 25.5. The van der Waals surface area contributed by atoms with Crippen LogP contribution in [0.5, 0.6) is 0 Å². The number of aromatic nitrogens is 1. The highest BCUT2D eigenvalue weighted by Crippen LogP contribution is 2.45. The Labute approximate surface area is 268 Å². The maximum absolute atomic E-state index is 13.7. The summed E-state index contributed by atoms with van der Waals surface area (Å²) in [5.41, 5.74) is 6.26. The zero-order valence-electron chi connectivity index (χ0n) is 28.4. The number of piperidine rings is 1. The first kappa shape index (κ1) is 34.3. The molecule has 4 rings (SSSR count). The second-order valence-electron chi connectivity index (χ2n) is 14.3. The van der Waals surface area contributed by atoms with Crippen LogP contribution in [0.3, 0.4) is 0 Å². The highest BCUT2D eigenvalue weighted by Gasteiger charge is 2.37. The van der Waals surface area contributed by atoms with Gasteiger partial charge in [0.1, 0.15) is 5.82 Å². The molecule has 1 fully saturated rings. The lowest BCUT2D eigenvalue weighted by Crippen LogP contribution is -2.39. The van der Waals surface area contributed by atoms with Crippen molar-refractivity contribution < 1.29 is 23.5 Å². The van der Waals surface area contributed by atoms with Crippen LogP contribution in [-0.4, -0.2) is 41.5 Å². The predicted octanol–water partition coefficient (Wildman–Crippen LogP) is 8.75. The number of ether oxygens (including phenoxy) is 2. The van der Waals surface area contributed by atoms with Gasteiger partial charge in [-0.05, 0) is 96.4 Å². The summed E-state index contributed by atoms with van der Waals surface area (Å²) in [6.45, 7) is 19.7. The van der Waals surface area contributed by atoms with E-state index in [4.69, 9.17) is 14.5 Å². The van der Waals surface area contributed by atoms with E-state index in [1.54, 1.807) is 12.1 Å². The van der Waals surface area contributed by atoms with Gasteiger partial charge < -0.3 is 14.4 Å². The Morgan fingerprint density at radius 3 is 2.11 bits per heavy atom. The van der Waals surface area contributed by atoms with Crippen LogP contribution in [0.15, 0.2) is 48.5 Å². The van der Waals surface area contributed by atoms with E-state index in [2.05, 4.69) is 18.7 Å². The van der Waals surface area contributed by atoms with Gasteiger partial charge in [-0.25, -0.2) is 9.18 Å². The Morgan fingerprint density at radius 2 is 1.56 bits per heavy atom. The quantitative estimate of drug-likeness (QED) is 0.168. The van der Waals surface area contributed by atoms with Gasteiger partial charge in [0, 0.05) is 47.6 Å². The molecule has 1 saturated heterocycles.